The summed E-state index contributed by atoms with van der Waals surface area (Å²) in [5.74, 6) is -1.43. The molecule has 2 heterocycles. The summed E-state index contributed by atoms with van der Waals surface area (Å²) in [7, 11) is 2.90. The molecular weight excluding hydrogens is 450 g/mol. The van der Waals surface area contributed by atoms with Gasteiger partial charge in [-0.05, 0) is 48.0 Å². The van der Waals surface area contributed by atoms with Gasteiger partial charge in [0.1, 0.15) is 23.0 Å². The van der Waals surface area contributed by atoms with Gasteiger partial charge in [-0.15, -0.1) is 0 Å². The number of aliphatic hydroxyl groups is 1. The number of carbonyl (C=O) groups excluding carboxylic acids is 2. The van der Waals surface area contributed by atoms with Crippen molar-refractivity contribution in [3.8, 4) is 17.2 Å². The molecule has 0 aliphatic carbocycles. The molecule has 1 unspecified atom stereocenters. The van der Waals surface area contributed by atoms with E-state index in [4.69, 9.17) is 9.47 Å². The molecule has 3 N–H and O–H groups in total. The Labute approximate surface area is 199 Å². The lowest BCUT2D eigenvalue weighted by atomic mass is 9.95. The maximum Gasteiger partial charge on any atom is 0.302 e. The number of Topliss-reactive ketones (excluding diaryl/α,β-unsaturated/α-hetero) is 1. The number of nitrogens with zero attached hydrogens (tertiary/aromatic N) is 2. The third kappa shape index (κ3) is 3.63. The highest BCUT2D eigenvalue weighted by Crippen LogP contribution is 2.43. The van der Waals surface area contributed by atoms with Gasteiger partial charge in [0.25, 0.3) is 5.78 Å². The first-order valence-electron chi connectivity index (χ1n) is 10.7. The predicted molar refractivity (Wildman–Crippen MR) is 129 cm³/mol. The summed E-state index contributed by atoms with van der Waals surface area (Å²) < 4.78 is 10.6. The van der Waals surface area contributed by atoms with Crippen molar-refractivity contribution in [2.24, 2.45) is 0 Å². The Morgan fingerprint density at radius 3 is 2.51 bits per heavy atom. The largest absolute Gasteiger partial charge is 0.508 e. The predicted octanol–water partition coefficient (Wildman–Crippen LogP) is 3.91. The molecule has 9 nitrogen and oxygen atoms in total. The summed E-state index contributed by atoms with van der Waals surface area (Å²) >= 11 is 0. The van der Waals surface area contributed by atoms with Gasteiger partial charge in [-0.25, -0.2) is 4.98 Å². The van der Waals surface area contributed by atoms with E-state index in [-0.39, 0.29) is 28.6 Å². The van der Waals surface area contributed by atoms with Crippen molar-refractivity contribution in [3.63, 3.8) is 0 Å². The molecule has 1 amide bonds. The van der Waals surface area contributed by atoms with Crippen molar-refractivity contribution < 1.29 is 29.3 Å². The van der Waals surface area contributed by atoms with Crippen LogP contribution in [0.3, 0.4) is 0 Å². The second kappa shape index (κ2) is 8.53. The number of anilines is 1. The van der Waals surface area contributed by atoms with E-state index in [9.17, 15) is 19.8 Å². The van der Waals surface area contributed by atoms with Crippen LogP contribution >= 0.6 is 0 Å². The fraction of sp³-hybridized carbons (Fsp3) is 0.115. The van der Waals surface area contributed by atoms with Crippen LogP contribution in [0.1, 0.15) is 17.2 Å². The quantitative estimate of drug-likeness (QED) is 0.229. The van der Waals surface area contributed by atoms with E-state index in [1.54, 1.807) is 36.4 Å². The number of aromatic nitrogens is 2. The summed E-state index contributed by atoms with van der Waals surface area (Å²) in [4.78, 5) is 35.4. The normalized spacial score (nSPS) is 17.2. The number of carbonyl (C=O) groups is 2. The monoisotopic (exact) mass is 471 g/mol. The number of para-hydroxylation sites is 2. The van der Waals surface area contributed by atoms with Crippen LogP contribution in [0, 0.1) is 0 Å². The number of aliphatic hydroxyl groups excluding tert-OH is 1. The highest BCUT2D eigenvalue weighted by Gasteiger charge is 2.48. The minimum atomic E-state index is -1.07. The van der Waals surface area contributed by atoms with Gasteiger partial charge in [-0.3, -0.25) is 14.5 Å². The van der Waals surface area contributed by atoms with E-state index in [1.165, 1.54) is 37.3 Å². The number of hydrogen-bond donors (Lipinski definition) is 3. The first-order valence-corrected chi connectivity index (χ1v) is 10.7. The van der Waals surface area contributed by atoms with E-state index in [0.29, 0.717) is 22.3 Å². The van der Waals surface area contributed by atoms with Crippen LogP contribution in [-0.4, -0.2) is 46.1 Å². The molecule has 9 heteroatoms. The Kier molecular flexibility index (Phi) is 5.37. The number of phenols is 1. The number of phenolic OH excluding ortho intramolecular Hbond substituents is 1. The first kappa shape index (κ1) is 22.0. The Morgan fingerprint density at radius 1 is 1.00 bits per heavy atom. The molecule has 0 radical (unpaired) electrons. The van der Waals surface area contributed by atoms with Crippen molar-refractivity contribution in [1.29, 1.82) is 0 Å². The number of fused-ring (bicyclic) bond motifs is 1. The molecule has 1 aromatic heterocycles. The Hall–Kier alpha value is -4.79. The summed E-state index contributed by atoms with van der Waals surface area (Å²) in [5, 5.41) is 21.5. The zero-order valence-corrected chi connectivity index (χ0v) is 18.9. The second-order valence-corrected chi connectivity index (χ2v) is 7.91. The minimum absolute atomic E-state index is 0.0587. The molecule has 0 bridgehead atoms. The number of benzene rings is 3. The molecule has 4 aromatic rings. The van der Waals surface area contributed by atoms with Crippen LogP contribution in [0.2, 0.25) is 0 Å². The zero-order valence-electron chi connectivity index (χ0n) is 18.9. The molecule has 3 aromatic carbocycles. The maximum absolute atomic E-state index is 13.4. The number of methoxy groups -OCH3 is 2. The van der Waals surface area contributed by atoms with Crippen LogP contribution in [0.4, 0.5) is 5.95 Å². The Morgan fingerprint density at radius 2 is 1.80 bits per heavy atom. The highest BCUT2D eigenvalue weighted by atomic mass is 16.5. The fourth-order valence-electron chi connectivity index (χ4n) is 4.26. The Bertz CT molecular complexity index is 1470. The lowest BCUT2D eigenvalue weighted by molar-refractivity contribution is -0.132. The Balaban J connectivity index is 1.77. The fourth-order valence-corrected chi connectivity index (χ4v) is 4.26. The lowest BCUT2D eigenvalue weighted by Crippen LogP contribution is -2.30. The third-order valence-electron chi connectivity index (χ3n) is 5.90. The smallest absolute Gasteiger partial charge is 0.302 e. The molecule has 0 saturated carbocycles. The number of ketones is 1. The number of aromatic amines is 1. The topological polar surface area (TPSA) is 125 Å². The molecule has 0 spiro atoms. The maximum atomic E-state index is 13.4. The molecule has 1 atom stereocenters. The van der Waals surface area contributed by atoms with Gasteiger partial charge >= 0.3 is 5.91 Å². The van der Waals surface area contributed by atoms with Crippen LogP contribution in [0.5, 0.6) is 17.2 Å². The van der Waals surface area contributed by atoms with Crippen molar-refractivity contribution in [2.45, 2.75) is 6.04 Å². The van der Waals surface area contributed by atoms with Crippen LogP contribution < -0.4 is 14.4 Å². The molecule has 35 heavy (non-hydrogen) atoms. The summed E-state index contributed by atoms with van der Waals surface area (Å²) in [6.45, 7) is 0. The second-order valence-electron chi connectivity index (χ2n) is 7.91. The number of nitrogens with one attached hydrogen (secondary N) is 1. The average Bonchev–Trinajstić information content (AvgIpc) is 3.41. The molecular formula is C26H21N3O6. The van der Waals surface area contributed by atoms with Gasteiger partial charge in [-0.2, -0.15) is 0 Å². The van der Waals surface area contributed by atoms with Gasteiger partial charge in [-0.1, -0.05) is 24.3 Å². The summed E-state index contributed by atoms with van der Waals surface area (Å²) in [6.07, 6.45) is 0. The number of hydrogen-bond acceptors (Lipinski definition) is 7. The van der Waals surface area contributed by atoms with Gasteiger partial charge in [0.15, 0.2) is 0 Å². The SMILES string of the molecule is COc1ccc(OC)c(/C(O)=C2\C(=O)C(=O)N(c3nc4ccccc4[nH]3)C2c2cccc(O)c2)c1. The first-order chi connectivity index (χ1) is 16.9. The van der Waals surface area contributed by atoms with E-state index < -0.39 is 23.5 Å². The third-order valence-corrected chi connectivity index (χ3v) is 5.90. The molecule has 1 fully saturated rings. The number of rotatable bonds is 5. The van der Waals surface area contributed by atoms with Crippen molar-refractivity contribution in [1.82, 2.24) is 9.97 Å². The number of amides is 1. The molecule has 1 aliphatic heterocycles. The van der Waals surface area contributed by atoms with Gasteiger partial charge in [0.2, 0.25) is 5.95 Å². The van der Waals surface area contributed by atoms with Crippen molar-refractivity contribution >= 4 is 34.4 Å². The molecule has 5 rings (SSSR count). The zero-order chi connectivity index (χ0) is 24.7. The van der Waals surface area contributed by atoms with Crippen LogP contribution in [0.25, 0.3) is 16.8 Å². The summed E-state index contributed by atoms with van der Waals surface area (Å²) in [6, 6.07) is 17.0. The van der Waals surface area contributed by atoms with E-state index in [2.05, 4.69) is 9.97 Å². The van der Waals surface area contributed by atoms with E-state index in [0.717, 1.165) is 0 Å². The number of aromatic hydroxyl groups is 1. The highest BCUT2D eigenvalue weighted by molar-refractivity contribution is 6.51. The van der Waals surface area contributed by atoms with Gasteiger partial charge in [0.05, 0.1) is 42.4 Å². The van der Waals surface area contributed by atoms with Crippen LogP contribution in [0.15, 0.2) is 72.3 Å². The summed E-state index contributed by atoms with van der Waals surface area (Å²) in [5.41, 5.74) is 1.70. The minimum Gasteiger partial charge on any atom is -0.508 e. The average molecular weight is 471 g/mol. The molecule has 1 saturated heterocycles. The number of H-pyrrole nitrogens is 1. The van der Waals surface area contributed by atoms with E-state index >= 15 is 0 Å². The van der Waals surface area contributed by atoms with E-state index in [1.807, 2.05) is 12.1 Å². The lowest BCUT2D eigenvalue weighted by Gasteiger charge is -2.23. The number of imidazole rings is 1. The molecule has 1 aliphatic rings. The van der Waals surface area contributed by atoms with Gasteiger partial charge in [0, 0.05) is 0 Å². The number of ether oxygens (including phenoxy) is 2. The van der Waals surface area contributed by atoms with Crippen molar-refractivity contribution in [3.05, 3.63) is 83.4 Å². The van der Waals surface area contributed by atoms with Crippen LogP contribution in [-0.2, 0) is 9.59 Å². The standard InChI is InChI=1S/C26H21N3O6/c1-34-16-10-11-20(35-2)17(13-16)23(31)21-22(14-6-5-7-15(30)12-14)29(25(33)24(21)32)26-27-18-8-3-4-9-19(18)28-26/h3-13,22,30-31H,1-2H3,(H,27,28)/b23-21+. The molecule has 176 valence electrons. The van der Waals surface area contributed by atoms with Crippen molar-refractivity contribution in [2.75, 3.05) is 19.1 Å². The van der Waals surface area contributed by atoms with Gasteiger partial charge < -0.3 is 24.7 Å².